The number of ether oxygens (including phenoxy) is 3. The van der Waals surface area contributed by atoms with Gasteiger partial charge in [0.1, 0.15) is 40.9 Å². The number of fused-ring (bicyclic) bond motifs is 1. The van der Waals surface area contributed by atoms with E-state index in [4.69, 9.17) is 14.2 Å². The molecule has 0 spiro atoms. The Morgan fingerprint density at radius 3 is 1.69 bits per heavy atom. The Labute approximate surface area is 294 Å². The fourth-order valence-electron chi connectivity index (χ4n) is 5.86. The number of hydrogen-bond donors (Lipinski definition) is 0. The van der Waals surface area contributed by atoms with Crippen LogP contribution in [0.15, 0.2) is 102 Å². The van der Waals surface area contributed by atoms with Crippen molar-refractivity contribution in [1.29, 1.82) is 15.8 Å². The van der Waals surface area contributed by atoms with Crippen molar-refractivity contribution in [2.45, 2.75) is 19.4 Å². The number of nitriles is 3. The first-order valence-electron chi connectivity index (χ1n) is 15.5. The zero-order valence-electron chi connectivity index (χ0n) is 27.4. The summed E-state index contributed by atoms with van der Waals surface area (Å²) in [5, 5.41) is 28.5. The van der Waals surface area contributed by atoms with E-state index in [0.717, 1.165) is 43.9 Å². The number of methoxy groups -OCH3 is 2. The van der Waals surface area contributed by atoms with Crippen LogP contribution < -0.4 is 14.4 Å². The molecule has 0 amide bonds. The second-order valence-electron chi connectivity index (χ2n) is 11.8. The number of anilines is 3. The van der Waals surface area contributed by atoms with E-state index >= 15 is 0 Å². The predicted octanol–water partition coefficient (Wildman–Crippen LogP) is 10.5. The van der Waals surface area contributed by atoms with E-state index in [1.54, 1.807) is 36.9 Å². The van der Waals surface area contributed by atoms with E-state index in [1.807, 2.05) is 86.7 Å². The van der Waals surface area contributed by atoms with Crippen molar-refractivity contribution >= 4 is 67.4 Å². The van der Waals surface area contributed by atoms with Gasteiger partial charge >= 0.3 is 0 Å². The van der Waals surface area contributed by atoms with Gasteiger partial charge < -0.3 is 19.1 Å². The summed E-state index contributed by atoms with van der Waals surface area (Å²) in [5.74, 6) is 0.778. The lowest BCUT2D eigenvalue weighted by atomic mass is 9.82. The highest BCUT2D eigenvalue weighted by molar-refractivity contribution is 7.28. The minimum atomic E-state index is -0.723. The molecule has 3 heterocycles. The van der Waals surface area contributed by atoms with Crippen LogP contribution in [0.1, 0.15) is 29.2 Å². The monoisotopic (exact) mass is 680 g/mol. The summed E-state index contributed by atoms with van der Waals surface area (Å²) < 4.78 is 19.1. The Morgan fingerprint density at radius 2 is 1.22 bits per heavy atom. The van der Waals surface area contributed by atoms with E-state index in [1.165, 1.54) is 9.40 Å². The van der Waals surface area contributed by atoms with Crippen LogP contribution in [0.4, 0.5) is 17.1 Å². The number of allylic oxidation sites excluding steroid dienone is 2. The molecule has 1 fully saturated rings. The van der Waals surface area contributed by atoms with Crippen molar-refractivity contribution in [2.24, 2.45) is 11.8 Å². The van der Waals surface area contributed by atoms with Crippen molar-refractivity contribution < 1.29 is 14.2 Å². The molecule has 2 aromatic heterocycles. The molecule has 0 saturated carbocycles. The Balaban J connectivity index is 1.18. The maximum atomic E-state index is 9.86. The SMILES string of the molecule is COc1ccc(N(c2ccc(/C=C/c3cc4sc(/C=C/C5C(C#N)C(=C(C#N)C#N)OC5(C)C)cc4s3)cc2)c2ccc(OC)cc2)cc1. The van der Waals surface area contributed by atoms with Crippen LogP contribution >= 0.6 is 22.7 Å². The number of nitrogens with zero attached hydrogens (tertiary/aromatic N) is 4. The standard InChI is InChI=1S/C40H32N4O3S2/c1-40(2)36(35(25-43)39(47-40)27(23-41)24-42)20-19-34-22-38-37(49-34)21-33(48-38)18-7-26-5-8-28(9-6-26)44(29-10-14-31(45-3)15-11-29)30-12-16-32(46-4)17-13-30/h5-22,35-36H,1-4H3/b18-7+,20-19+. The van der Waals surface area contributed by atoms with Gasteiger partial charge in [0.2, 0.25) is 0 Å². The highest BCUT2D eigenvalue weighted by Gasteiger charge is 2.47. The molecule has 49 heavy (non-hydrogen) atoms. The molecule has 1 saturated heterocycles. The van der Waals surface area contributed by atoms with E-state index in [9.17, 15) is 15.8 Å². The lowest BCUT2D eigenvalue weighted by Crippen LogP contribution is -2.27. The summed E-state index contributed by atoms with van der Waals surface area (Å²) in [4.78, 5) is 4.42. The molecule has 0 bridgehead atoms. The second kappa shape index (κ2) is 14.1. The highest BCUT2D eigenvalue weighted by Crippen LogP contribution is 2.45. The van der Waals surface area contributed by atoms with Crippen LogP contribution in [-0.2, 0) is 4.74 Å². The Kier molecular flexibility index (Phi) is 9.56. The van der Waals surface area contributed by atoms with Crippen molar-refractivity contribution in [1.82, 2.24) is 0 Å². The van der Waals surface area contributed by atoms with E-state index in [-0.39, 0.29) is 17.3 Å². The zero-order chi connectivity index (χ0) is 34.5. The largest absolute Gasteiger partial charge is 0.497 e. The highest BCUT2D eigenvalue weighted by atomic mass is 32.1. The number of benzene rings is 3. The van der Waals surface area contributed by atoms with Gasteiger partial charge in [-0.3, -0.25) is 0 Å². The summed E-state index contributed by atoms with van der Waals surface area (Å²) >= 11 is 3.41. The first kappa shape index (κ1) is 33.1. The van der Waals surface area contributed by atoms with Gasteiger partial charge in [0, 0.05) is 42.1 Å². The van der Waals surface area contributed by atoms with Gasteiger partial charge in [-0.1, -0.05) is 24.3 Å². The molecule has 242 valence electrons. The van der Waals surface area contributed by atoms with Gasteiger partial charge in [-0.05, 0) is 104 Å². The third-order valence-electron chi connectivity index (χ3n) is 8.39. The van der Waals surface area contributed by atoms with Crippen LogP contribution in [0.3, 0.4) is 0 Å². The number of hydrogen-bond acceptors (Lipinski definition) is 9. The number of rotatable bonds is 9. The predicted molar refractivity (Wildman–Crippen MR) is 198 cm³/mol. The van der Waals surface area contributed by atoms with Crippen LogP contribution in [-0.4, -0.2) is 19.8 Å². The number of thiophene rings is 2. The Bertz CT molecular complexity index is 2090. The molecule has 0 radical (unpaired) electrons. The Hall–Kier alpha value is -5.79. The summed E-state index contributed by atoms with van der Waals surface area (Å²) in [6.45, 7) is 3.76. The molecule has 1 aliphatic heterocycles. The van der Waals surface area contributed by atoms with E-state index in [2.05, 4.69) is 59.5 Å². The van der Waals surface area contributed by atoms with Crippen molar-refractivity contribution in [3.63, 3.8) is 0 Å². The fraction of sp³-hybridized carbons (Fsp3) is 0.175. The summed E-state index contributed by atoms with van der Waals surface area (Å²) in [6.07, 6.45) is 8.24. The molecule has 1 aliphatic rings. The second-order valence-corrected chi connectivity index (χ2v) is 14.1. The minimum absolute atomic E-state index is 0.146. The van der Waals surface area contributed by atoms with E-state index < -0.39 is 11.5 Å². The molecule has 7 nitrogen and oxygen atoms in total. The topological polar surface area (TPSA) is 102 Å². The molecule has 2 unspecified atom stereocenters. The van der Waals surface area contributed by atoms with Gasteiger partial charge in [-0.2, -0.15) is 15.8 Å². The molecular weight excluding hydrogens is 649 g/mol. The van der Waals surface area contributed by atoms with E-state index in [0.29, 0.717) is 0 Å². The van der Waals surface area contributed by atoms with Gasteiger partial charge in [-0.15, -0.1) is 22.7 Å². The molecular formula is C40H32N4O3S2. The minimum Gasteiger partial charge on any atom is -0.497 e. The molecule has 0 aliphatic carbocycles. The molecule has 5 aromatic rings. The molecule has 0 N–H and O–H groups in total. The van der Waals surface area contributed by atoms with Gasteiger partial charge in [-0.25, -0.2) is 0 Å². The maximum absolute atomic E-state index is 9.86. The normalized spacial score (nSPS) is 16.6. The van der Waals surface area contributed by atoms with Crippen molar-refractivity contribution in [2.75, 3.05) is 19.1 Å². The maximum Gasteiger partial charge on any atom is 0.168 e. The molecule has 3 aromatic carbocycles. The lowest BCUT2D eigenvalue weighted by molar-refractivity contribution is 0.0553. The lowest BCUT2D eigenvalue weighted by Gasteiger charge is -2.26. The average molecular weight is 681 g/mol. The van der Waals surface area contributed by atoms with Gasteiger partial charge in [0.25, 0.3) is 0 Å². The van der Waals surface area contributed by atoms with Crippen LogP contribution in [0.5, 0.6) is 11.5 Å². The van der Waals surface area contributed by atoms with Gasteiger partial charge in [0.15, 0.2) is 5.57 Å². The smallest absolute Gasteiger partial charge is 0.168 e. The van der Waals surface area contributed by atoms with Crippen molar-refractivity contribution in [3.05, 3.63) is 118 Å². The van der Waals surface area contributed by atoms with Crippen LogP contribution in [0, 0.1) is 45.8 Å². The first-order valence-corrected chi connectivity index (χ1v) is 17.1. The Morgan fingerprint density at radius 1 is 0.735 bits per heavy atom. The average Bonchev–Trinajstić information content (AvgIpc) is 3.76. The molecule has 2 atom stereocenters. The third kappa shape index (κ3) is 6.93. The summed E-state index contributed by atoms with van der Waals surface area (Å²) in [7, 11) is 3.33. The summed E-state index contributed by atoms with van der Waals surface area (Å²) in [6, 6.07) is 34.8. The van der Waals surface area contributed by atoms with Crippen molar-refractivity contribution in [3.8, 4) is 29.7 Å². The van der Waals surface area contributed by atoms with Crippen LogP contribution in [0.25, 0.3) is 27.6 Å². The first-order chi connectivity index (χ1) is 23.8. The van der Waals surface area contributed by atoms with Gasteiger partial charge in [0.05, 0.1) is 20.3 Å². The van der Waals surface area contributed by atoms with Crippen LogP contribution in [0.2, 0.25) is 0 Å². The summed E-state index contributed by atoms with van der Waals surface area (Å²) in [5.41, 5.74) is 3.28. The molecule has 9 heteroatoms. The zero-order valence-corrected chi connectivity index (χ0v) is 29.0. The quantitative estimate of drug-likeness (QED) is 0.143. The molecule has 6 rings (SSSR count). The third-order valence-corrected chi connectivity index (χ3v) is 10.6. The fourth-order valence-corrected chi connectivity index (χ4v) is 8.10.